The highest BCUT2D eigenvalue weighted by molar-refractivity contribution is 6.08. The maximum Gasteiger partial charge on any atom is 0.238 e. The van der Waals surface area contributed by atoms with Crippen molar-refractivity contribution < 1.29 is 8.78 Å². The van der Waals surface area contributed by atoms with E-state index in [4.69, 9.17) is 0 Å². The van der Waals surface area contributed by atoms with Gasteiger partial charge in [-0.25, -0.2) is 8.78 Å². The summed E-state index contributed by atoms with van der Waals surface area (Å²) < 4.78 is 22.1. The molecule has 0 bridgehead atoms. The summed E-state index contributed by atoms with van der Waals surface area (Å²) in [7, 11) is 1.58. The molecule has 3 heteroatoms. The Morgan fingerprint density at radius 2 is 2.00 bits per heavy atom. The lowest BCUT2D eigenvalue weighted by molar-refractivity contribution is 0.144. The molecule has 0 saturated heterocycles. The molecule has 0 heterocycles. The molecule has 37 valence electrons. The molecule has 0 nitrogen and oxygen atoms in total. The lowest BCUT2D eigenvalue weighted by atomic mass is 10.5. The highest BCUT2D eigenvalue weighted by Crippen LogP contribution is 1.99. The molecular weight excluding hydrogens is 102 g/mol. The van der Waals surface area contributed by atoms with Crippen LogP contribution >= 0.6 is 0 Å². The summed E-state index contributed by atoms with van der Waals surface area (Å²) in [5.74, 6) is 0. The van der Waals surface area contributed by atoms with Crippen LogP contribution in [0.3, 0.4) is 0 Å². The molecule has 0 atom stereocenters. The predicted octanol–water partition coefficient (Wildman–Crippen LogP) is 0.693. The zero-order valence-corrected chi connectivity index (χ0v) is 4.87. The average molecular weight is 109 g/mol. The van der Waals surface area contributed by atoms with Gasteiger partial charge in [0, 0.05) is 16.7 Å². The molecule has 0 N–H and O–H groups in total. The number of hydrogen-bond donors (Lipinski definition) is 0. The van der Waals surface area contributed by atoms with E-state index in [2.05, 4.69) is 0 Å². The minimum absolute atomic E-state index is 0.0540. The van der Waals surface area contributed by atoms with Gasteiger partial charge in [0.1, 0.15) is 0 Å². The van der Waals surface area contributed by atoms with E-state index >= 15 is 0 Å². The standard InChI is InChI=1S/C3H7F2Si/c4-3(5)1-2-6/h3H,1-2,6H2. The van der Waals surface area contributed by atoms with Crippen molar-refractivity contribution in [3.63, 3.8) is 0 Å². The first-order chi connectivity index (χ1) is 2.77. The summed E-state index contributed by atoms with van der Waals surface area (Å²) in [5.41, 5.74) is 0. The quantitative estimate of drug-likeness (QED) is 0.458. The van der Waals surface area contributed by atoms with Crippen molar-refractivity contribution in [2.75, 3.05) is 0 Å². The van der Waals surface area contributed by atoms with E-state index in [1.54, 1.807) is 10.2 Å². The van der Waals surface area contributed by atoms with Gasteiger partial charge in [0.2, 0.25) is 6.43 Å². The first-order valence-corrected chi connectivity index (χ1v) is 2.84. The second kappa shape index (κ2) is 3.27. The second-order valence-corrected chi connectivity index (χ2v) is 1.74. The Kier molecular flexibility index (Phi) is 3.32. The van der Waals surface area contributed by atoms with E-state index in [0.29, 0.717) is 6.04 Å². The third-order valence-electron chi connectivity index (χ3n) is 0.422. The van der Waals surface area contributed by atoms with Crippen LogP contribution in [0.1, 0.15) is 6.42 Å². The molecular formula is C3H7F2Si. The normalized spacial score (nSPS) is 10.0. The van der Waals surface area contributed by atoms with Gasteiger partial charge in [-0.2, -0.15) is 0 Å². The van der Waals surface area contributed by atoms with Crippen LogP contribution in [0.2, 0.25) is 6.04 Å². The maximum atomic E-state index is 11.0. The van der Waals surface area contributed by atoms with E-state index in [9.17, 15) is 8.78 Å². The van der Waals surface area contributed by atoms with Crippen molar-refractivity contribution in [2.24, 2.45) is 0 Å². The van der Waals surface area contributed by atoms with Gasteiger partial charge in [-0.15, -0.1) is 0 Å². The summed E-state index contributed by atoms with van der Waals surface area (Å²) >= 11 is 0. The molecule has 0 saturated carbocycles. The lowest BCUT2D eigenvalue weighted by Gasteiger charge is -1.87. The highest BCUT2D eigenvalue weighted by atomic mass is 28.1. The Bertz CT molecular complexity index is 30.0. The van der Waals surface area contributed by atoms with Gasteiger partial charge < -0.3 is 0 Å². The Morgan fingerprint density at radius 1 is 1.50 bits per heavy atom. The highest BCUT2D eigenvalue weighted by Gasteiger charge is 1.95. The van der Waals surface area contributed by atoms with Crippen molar-refractivity contribution in [2.45, 2.75) is 18.9 Å². The minimum atomic E-state index is -2.09. The average Bonchev–Trinajstić information content (AvgIpc) is 1.35. The fourth-order valence-electron chi connectivity index (χ4n) is 0.154. The van der Waals surface area contributed by atoms with Crippen LogP contribution in [0.5, 0.6) is 0 Å². The molecule has 0 amide bonds. The Hall–Kier alpha value is 0.0769. The third kappa shape index (κ3) is 4.08. The molecule has 0 rings (SSSR count). The zero-order chi connectivity index (χ0) is 4.99. The van der Waals surface area contributed by atoms with Crippen molar-refractivity contribution >= 4 is 10.2 Å². The summed E-state index contributed by atoms with van der Waals surface area (Å²) in [6, 6.07) is 0.609. The molecule has 0 aliphatic heterocycles. The molecule has 0 aromatic carbocycles. The Balaban J connectivity index is 2.63. The molecule has 0 spiro atoms. The van der Waals surface area contributed by atoms with Gasteiger partial charge in [0.15, 0.2) is 0 Å². The fourth-order valence-corrected chi connectivity index (χ4v) is 0.463. The monoisotopic (exact) mass is 109 g/mol. The van der Waals surface area contributed by atoms with Gasteiger partial charge in [0.25, 0.3) is 0 Å². The first kappa shape index (κ1) is 6.08. The molecule has 0 aromatic rings. The van der Waals surface area contributed by atoms with Crippen LogP contribution in [-0.2, 0) is 0 Å². The van der Waals surface area contributed by atoms with E-state index in [0.717, 1.165) is 0 Å². The third-order valence-corrected chi connectivity index (χ3v) is 0.831. The van der Waals surface area contributed by atoms with Gasteiger partial charge in [-0.3, -0.25) is 0 Å². The van der Waals surface area contributed by atoms with Gasteiger partial charge >= 0.3 is 0 Å². The van der Waals surface area contributed by atoms with Crippen molar-refractivity contribution in [3.8, 4) is 0 Å². The first-order valence-electron chi connectivity index (χ1n) is 1.84. The Morgan fingerprint density at radius 3 is 2.00 bits per heavy atom. The summed E-state index contributed by atoms with van der Waals surface area (Å²) in [6.45, 7) is 0. The maximum absolute atomic E-state index is 11.0. The Labute approximate surface area is 39.0 Å². The van der Waals surface area contributed by atoms with Crippen LogP contribution in [0.4, 0.5) is 8.78 Å². The van der Waals surface area contributed by atoms with Crippen molar-refractivity contribution in [1.29, 1.82) is 0 Å². The van der Waals surface area contributed by atoms with Gasteiger partial charge in [-0.1, -0.05) is 6.04 Å². The van der Waals surface area contributed by atoms with Crippen molar-refractivity contribution in [3.05, 3.63) is 0 Å². The molecule has 0 aliphatic carbocycles. The predicted molar refractivity (Wildman–Crippen MR) is 24.0 cm³/mol. The van der Waals surface area contributed by atoms with E-state index < -0.39 is 6.43 Å². The van der Waals surface area contributed by atoms with E-state index in [1.807, 2.05) is 0 Å². The zero-order valence-electron chi connectivity index (χ0n) is 3.45. The van der Waals surface area contributed by atoms with Gasteiger partial charge in [0.05, 0.1) is 0 Å². The molecule has 0 aliphatic rings. The summed E-state index contributed by atoms with van der Waals surface area (Å²) in [4.78, 5) is 0. The molecule has 0 unspecified atom stereocenters. The molecule has 0 aromatic heterocycles. The molecule has 1 radical (unpaired) electrons. The molecule has 6 heavy (non-hydrogen) atoms. The number of hydrogen-bond acceptors (Lipinski definition) is 0. The van der Waals surface area contributed by atoms with Gasteiger partial charge in [-0.05, 0) is 0 Å². The number of alkyl halides is 2. The van der Waals surface area contributed by atoms with Crippen LogP contribution < -0.4 is 0 Å². The van der Waals surface area contributed by atoms with E-state index in [1.165, 1.54) is 0 Å². The van der Waals surface area contributed by atoms with Crippen LogP contribution in [0.25, 0.3) is 0 Å². The SMILES string of the molecule is FC(F)CC[SiH2]. The summed E-state index contributed by atoms with van der Waals surface area (Å²) in [6.07, 6.45) is -2.04. The number of halogens is 2. The smallest absolute Gasteiger partial charge is 0.211 e. The summed E-state index contributed by atoms with van der Waals surface area (Å²) in [5, 5.41) is 0. The van der Waals surface area contributed by atoms with Crippen molar-refractivity contribution in [1.82, 2.24) is 0 Å². The van der Waals surface area contributed by atoms with Crippen LogP contribution in [0, 0.1) is 0 Å². The fraction of sp³-hybridized carbons (Fsp3) is 1.00. The second-order valence-electron chi connectivity index (χ2n) is 1.03. The largest absolute Gasteiger partial charge is 0.238 e. The topological polar surface area (TPSA) is 0 Å². The van der Waals surface area contributed by atoms with Crippen LogP contribution in [0.15, 0.2) is 0 Å². The van der Waals surface area contributed by atoms with E-state index in [-0.39, 0.29) is 6.42 Å². The van der Waals surface area contributed by atoms with Crippen LogP contribution in [-0.4, -0.2) is 16.7 Å². The lowest BCUT2D eigenvalue weighted by Crippen LogP contribution is -1.86. The molecule has 0 fully saturated rings. The number of rotatable bonds is 2. The minimum Gasteiger partial charge on any atom is -0.211 e.